The average Bonchev–Trinajstić information content (AvgIpc) is 3.53. The second-order valence-corrected chi connectivity index (χ2v) is 9.77. The molecule has 1 aliphatic heterocycles. The molecule has 3 unspecified atom stereocenters. The molecule has 0 radical (unpaired) electrons. The highest BCUT2D eigenvalue weighted by Gasteiger charge is 2.47. The van der Waals surface area contributed by atoms with Gasteiger partial charge in [0.25, 0.3) is 5.91 Å². The van der Waals surface area contributed by atoms with Crippen LogP contribution in [-0.2, 0) is 4.79 Å². The fourth-order valence-corrected chi connectivity index (χ4v) is 6.31. The quantitative estimate of drug-likeness (QED) is 0.460. The topological polar surface area (TPSA) is 51.9 Å². The lowest BCUT2D eigenvalue weighted by Gasteiger charge is -2.30. The van der Waals surface area contributed by atoms with Gasteiger partial charge in [-0.15, -0.1) is 0 Å². The highest BCUT2D eigenvalue weighted by molar-refractivity contribution is 8.26. The lowest BCUT2D eigenvalue weighted by atomic mass is 9.94. The maximum atomic E-state index is 13.1. The fraction of sp³-hybridized carbons (Fsp3) is 0.391. The summed E-state index contributed by atoms with van der Waals surface area (Å²) >= 11 is 6.95. The van der Waals surface area contributed by atoms with Gasteiger partial charge in [0.1, 0.15) is 27.3 Å². The summed E-state index contributed by atoms with van der Waals surface area (Å²) in [5.41, 5.74) is 0.848. The predicted octanol–water partition coefficient (Wildman–Crippen LogP) is 5.35. The first-order chi connectivity index (χ1) is 14.6. The van der Waals surface area contributed by atoms with Crippen LogP contribution in [0.25, 0.3) is 17.4 Å². The van der Waals surface area contributed by atoms with Gasteiger partial charge in [-0.25, -0.2) is 0 Å². The monoisotopic (exact) mass is 441 g/mol. The van der Waals surface area contributed by atoms with Gasteiger partial charge in [-0.3, -0.25) is 9.69 Å². The summed E-state index contributed by atoms with van der Waals surface area (Å²) in [6.07, 6.45) is 6.65. The Morgan fingerprint density at radius 3 is 2.53 bits per heavy atom. The van der Waals surface area contributed by atoms with E-state index in [1.54, 1.807) is 20.3 Å². The van der Waals surface area contributed by atoms with Gasteiger partial charge in [0, 0.05) is 23.7 Å². The van der Waals surface area contributed by atoms with Crippen LogP contribution < -0.4 is 9.47 Å². The number of carbonyl (C=O) groups excluding carboxylic acids is 1. The molecule has 2 saturated carbocycles. The molecule has 2 aromatic rings. The third-order valence-corrected chi connectivity index (χ3v) is 7.72. The molecule has 0 N–H and O–H groups in total. The number of thioether (sulfide) groups is 1. The highest BCUT2D eigenvalue weighted by atomic mass is 32.2. The van der Waals surface area contributed by atoms with Crippen LogP contribution in [0.3, 0.4) is 0 Å². The molecule has 2 heterocycles. The van der Waals surface area contributed by atoms with E-state index in [9.17, 15) is 4.79 Å². The van der Waals surface area contributed by atoms with Crippen molar-refractivity contribution in [2.75, 3.05) is 14.2 Å². The summed E-state index contributed by atoms with van der Waals surface area (Å²) in [5, 5.41) is 0. The highest BCUT2D eigenvalue weighted by Crippen LogP contribution is 2.49. The normalized spacial score (nSPS) is 26.8. The third-order valence-electron chi connectivity index (χ3n) is 6.39. The van der Waals surface area contributed by atoms with Gasteiger partial charge >= 0.3 is 0 Å². The first kappa shape index (κ1) is 19.7. The van der Waals surface area contributed by atoms with Crippen LogP contribution in [0, 0.1) is 11.8 Å². The SMILES string of the molecule is COc1cc(OC)cc(-c2ccc(/C=C3\SC(=S)N(C4CC5CCC4C5)C3=O)o2)c1. The van der Waals surface area contributed by atoms with Crippen LogP contribution >= 0.6 is 24.0 Å². The first-order valence-electron chi connectivity index (χ1n) is 10.2. The standard InChI is InChI=1S/C23H23NO4S2/c1-26-17-9-15(10-18(11-17)27-2)20-6-5-16(28-20)12-21-22(25)24(23(29)30-21)19-8-13-3-4-14(19)7-13/h5-6,9-14,19H,3-4,7-8H2,1-2H3/b21-12-. The lowest BCUT2D eigenvalue weighted by Crippen LogP contribution is -2.41. The van der Waals surface area contributed by atoms with E-state index >= 15 is 0 Å². The summed E-state index contributed by atoms with van der Waals surface area (Å²) in [6.45, 7) is 0. The van der Waals surface area contributed by atoms with Crippen molar-refractivity contribution < 1.29 is 18.7 Å². The summed E-state index contributed by atoms with van der Waals surface area (Å²) in [6, 6.07) is 9.62. The van der Waals surface area contributed by atoms with E-state index < -0.39 is 0 Å². The second kappa shape index (κ2) is 7.78. The van der Waals surface area contributed by atoms with Crippen molar-refractivity contribution in [3.05, 3.63) is 41.0 Å². The van der Waals surface area contributed by atoms with Crippen molar-refractivity contribution >= 4 is 40.3 Å². The molecule has 1 aromatic carbocycles. The van der Waals surface area contributed by atoms with Crippen molar-refractivity contribution in [2.45, 2.75) is 31.7 Å². The largest absolute Gasteiger partial charge is 0.497 e. The number of hydrogen-bond donors (Lipinski definition) is 0. The summed E-state index contributed by atoms with van der Waals surface area (Å²) in [7, 11) is 3.23. The maximum absolute atomic E-state index is 13.1. The molecule has 2 bridgehead atoms. The second-order valence-electron chi connectivity index (χ2n) is 8.10. The summed E-state index contributed by atoms with van der Waals surface area (Å²) in [5.74, 6) is 4.07. The Bertz CT molecular complexity index is 1020. The number of ether oxygens (including phenoxy) is 2. The number of carbonyl (C=O) groups is 1. The summed E-state index contributed by atoms with van der Waals surface area (Å²) in [4.78, 5) is 15.6. The third kappa shape index (κ3) is 3.44. The van der Waals surface area contributed by atoms with Crippen LogP contribution in [-0.4, -0.2) is 35.4 Å². The molecule has 30 heavy (non-hydrogen) atoms. The molecule has 0 spiro atoms. The molecule has 2 aliphatic carbocycles. The predicted molar refractivity (Wildman–Crippen MR) is 121 cm³/mol. The van der Waals surface area contributed by atoms with Gasteiger partial charge in [-0.05, 0) is 55.4 Å². The van der Waals surface area contributed by atoms with E-state index in [1.807, 2.05) is 35.2 Å². The molecule has 7 heteroatoms. The minimum absolute atomic E-state index is 0.0172. The molecule has 5 nitrogen and oxygen atoms in total. The number of benzene rings is 1. The van der Waals surface area contributed by atoms with E-state index in [-0.39, 0.29) is 11.9 Å². The molecule has 3 atom stereocenters. The van der Waals surface area contributed by atoms with E-state index in [2.05, 4.69) is 0 Å². The van der Waals surface area contributed by atoms with Crippen LogP contribution in [0.2, 0.25) is 0 Å². The Balaban J connectivity index is 1.38. The van der Waals surface area contributed by atoms with Crippen molar-refractivity contribution in [3.63, 3.8) is 0 Å². The molecule has 1 saturated heterocycles. The number of furan rings is 1. The number of hydrogen-bond acceptors (Lipinski definition) is 6. The number of nitrogens with zero attached hydrogens (tertiary/aromatic N) is 1. The minimum atomic E-state index is 0.0172. The Morgan fingerprint density at radius 1 is 1.13 bits per heavy atom. The smallest absolute Gasteiger partial charge is 0.266 e. The minimum Gasteiger partial charge on any atom is -0.497 e. The van der Waals surface area contributed by atoms with Crippen molar-refractivity contribution in [3.8, 4) is 22.8 Å². The van der Waals surface area contributed by atoms with Gasteiger partial charge in [0.2, 0.25) is 0 Å². The van der Waals surface area contributed by atoms with Crippen LogP contribution in [0.15, 0.2) is 39.7 Å². The molecule has 156 valence electrons. The molecule has 3 fully saturated rings. The van der Waals surface area contributed by atoms with Crippen molar-refractivity contribution in [1.29, 1.82) is 0 Å². The Hall–Kier alpha value is -2.25. The zero-order valence-corrected chi connectivity index (χ0v) is 18.6. The maximum Gasteiger partial charge on any atom is 0.266 e. The number of methoxy groups -OCH3 is 2. The molecule has 3 aliphatic rings. The molecule has 1 amide bonds. The van der Waals surface area contributed by atoms with E-state index in [1.165, 1.54) is 31.0 Å². The van der Waals surface area contributed by atoms with Crippen LogP contribution in [0.5, 0.6) is 11.5 Å². The fourth-order valence-electron chi connectivity index (χ4n) is 4.96. The van der Waals surface area contributed by atoms with Crippen molar-refractivity contribution in [2.24, 2.45) is 11.8 Å². The molecule has 5 rings (SSSR count). The zero-order chi connectivity index (χ0) is 20.8. The number of fused-ring (bicyclic) bond motifs is 2. The van der Waals surface area contributed by atoms with E-state index in [4.69, 9.17) is 26.1 Å². The number of rotatable bonds is 5. The molecular formula is C23H23NO4S2. The number of amides is 1. The Morgan fingerprint density at radius 2 is 1.90 bits per heavy atom. The van der Waals surface area contributed by atoms with Crippen LogP contribution in [0.1, 0.15) is 31.4 Å². The van der Waals surface area contributed by atoms with Crippen LogP contribution in [0.4, 0.5) is 0 Å². The Labute approximate surface area is 185 Å². The van der Waals surface area contributed by atoms with Gasteiger partial charge in [-0.1, -0.05) is 30.4 Å². The van der Waals surface area contributed by atoms with Gasteiger partial charge in [0.05, 0.1) is 19.1 Å². The molecule has 1 aromatic heterocycles. The first-order valence-corrected chi connectivity index (χ1v) is 11.4. The average molecular weight is 442 g/mol. The van der Waals surface area contributed by atoms with E-state index in [0.717, 1.165) is 17.9 Å². The van der Waals surface area contributed by atoms with E-state index in [0.29, 0.717) is 38.2 Å². The molecular weight excluding hydrogens is 418 g/mol. The van der Waals surface area contributed by atoms with Gasteiger partial charge < -0.3 is 13.9 Å². The van der Waals surface area contributed by atoms with Crippen molar-refractivity contribution in [1.82, 2.24) is 4.90 Å². The van der Waals surface area contributed by atoms with Gasteiger partial charge in [0.15, 0.2) is 0 Å². The Kier molecular flexibility index (Phi) is 5.11. The summed E-state index contributed by atoms with van der Waals surface area (Å²) < 4.78 is 17.4. The number of thiocarbonyl (C=S) groups is 1. The zero-order valence-electron chi connectivity index (χ0n) is 16.9. The lowest BCUT2D eigenvalue weighted by molar-refractivity contribution is -0.124. The van der Waals surface area contributed by atoms with Gasteiger partial charge in [-0.2, -0.15) is 0 Å².